The van der Waals surface area contributed by atoms with Crippen LogP contribution in [0, 0.1) is 0 Å². The molecule has 48 valence electrons. The van der Waals surface area contributed by atoms with E-state index in [1.165, 1.54) is 0 Å². The SMILES string of the molecule is C1C[Se]CCC[Se]C1. The Kier molecular flexibility index (Phi) is 4.36. The molecular formula is C6H12Se2. The number of rotatable bonds is 0. The Bertz CT molecular complexity index is 30.5. The molecule has 0 aliphatic carbocycles. The first-order valence-corrected chi connectivity index (χ1v) is 8.00. The van der Waals surface area contributed by atoms with Crippen LogP contribution in [0.1, 0.15) is 12.8 Å². The average Bonchev–Trinajstić information content (AvgIpc) is 1.62. The van der Waals surface area contributed by atoms with E-state index < -0.39 is 0 Å². The van der Waals surface area contributed by atoms with Gasteiger partial charge in [0.15, 0.2) is 0 Å². The van der Waals surface area contributed by atoms with Gasteiger partial charge in [-0.1, -0.05) is 0 Å². The molecule has 1 saturated heterocycles. The zero-order valence-corrected chi connectivity index (χ0v) is 8.49. The molecule has 0 atom stereocenters. The summed E-state index contributed by atoms with van der Waals surface area (Å²) in [5, 5.41) is 6.31. The summed E-state index contributed by atoms with van der Waals surface area (Å²) in [7, 11) is 0. The topological polar surface area (TPSA) is 0 Å². The first-order chi connectivity index (χ1) is 4.00. The molecule has 0 N–H and O–H groups in total. The zero-order valence-electron chi connectivity index (χ0n) is 5.06. The van der Waals surface area contributed by atoms with Gasteiger partial charge in [0.1, 0.15) is 0 Å². The molecule has 0 radical (unpaired) electrons. The van der Waals surface area contributed by atoms with Crippen molar-refractivity contribution < 1.29 is 0 Å². The van der Waals surface area contributed by atoms with Crippen molar-refractivity contribution >= 4 is 29.9 Å². The van der Waals surface area contributed by atoms with Gasteiger partial charge in [0, 0.05) is 0 Å². The fourth-order valence-electron chi connectivity index (χ4n) is 0.730. The molecule has 0 amide bonds. The van der Waals surface area contributed by atoms with Crippen molar-refractivity contribution in [3.05, 3.63) is 0 Å². The van der Waals surface area contributed by atoms with Crippen molar-refractivity contribution in [3.63, 3.8) is 0 Å². The van der Waals surface area contributed by atoms with Crippen molar-refractivity contribution in [1.29, 1.82) is 0 Å². The quantitative estimate of drug-likeness (QED) is 0.569. The van der Waals surface area contributed by atoms with Crippen molar-refractivity contribution in [2.75, 3.05) is 0 Å². The molecule has 0 spiro atoms. The molecule has 1 aliphatic rings. The Hall–Kier alpha value is 1.04. The Labute approximate surface area is 64.1 Å². The van der Waals surface area contributed by atoms with E-state index in [1.54, 1.807) is 34.1 Å². The van der Waals surface area contributed by atoms with Crippen molar-refractivity contribution in [1.82, 2.24) is 0 Å². The summed E-state index contributed by atoms with van der Waals surface area (Å²) in [5.41, 5.74) is 0. The Morgan fingerprint density at radius 2 is 1.00 bits per heavy atom. The van der Waals surface area contributed by atoms with E-state index in [2.05, 4.69) is 0 Å². The summed E-state index contributed by atoms with van der Waals surface area (Å²) >= 11 is 2.08. The Balaban J connectivity index is 2.00. The minimum absolute atomic E-state index is 1.04. The van der Waals surface area contributed by atoms with Crippen LogP contribution < -0.4 is 0 Å². The van der Waals surface area contributed by atoms with Crippen LogP contribution in [0.25, 0.3) is 0 Å². The maximum atomic E-state index is 1.58. The first-order valence-electron chi connectivity index (χ1n) is 3.15. The van der Waals surface area contributed by atoms with E-state index in [4.69, 9.17) is 0 Å². The molecule has 1 heterocycles. The number of hydrogen-bond donors (Lipinski definition) is 0. The van der Waals surface area contributed by atoms with E-state index in [0.717, 1.165) is 29.9 Å². The molecule has 0 aromatic rings. The van der Waals surface area contributed by atoms with Gasteiger partial charge >= 0.3 is 64.0 Å². The van der Waals surface area contributed by atoms with E-state index in [0.29, 0.717) is 0 Å². The second kappa shape index (κ2) is 4.88. The van der Waals surface area contributed by atoms with Gasteiger partial charge in [0.05, 0.1) is 0 Å². The summed E-state index contributed by atoms with van der Waals surface area (Å²) in [6.07, 6.45) is 3.11. The van der Waals surface area contributed by atoms with E-state index in [1.807, 2.05) is 0 Å². The fraction of sp³-hybridized carbons (Fsp3) is 1.00. The molecule has 0 saturated carbocycles. The molecule has 0 bridgehead atoms. The molecule has 8 heavy (non-hydrogen) atoms. The van der Waals surface area contributed by atoms with Crippen LogP contribution in [-0.2, 0) is 0 Å². The summed E-state index contributed by atoms with van der Waals surface area (Å²) < 4.78 is 0. The van der Waals surface area contributed by atoms with Crippen LogP contribution in [0.4, 0.5) is 0 Å². The molecule has 1 aliphatic heterocycles. The zero-order chi connectivity index (χ0) is 5.66. The predicted octanol–water partition coefficient (Wildman–Crippen LogP) is 1.86. The van der Waals surface area contributed by atoms with Gasteiger partial charge in [-0.3, -0.25) is 0 Å². The summed E-state index contributed by atoms with van der Waals surface area (Å²) in [6, 6.07) is 0. The van der Waals surface area contributed by atoms with Crippen LogP contribution in [0.2, 0.25) is 21.3 Å². The van der Waals surface area contributed by atoms with E-state index >= 15 is 0 Å². The van der Waals surface area contributed by atoms with E-state index in [9.17, 15) is 0 Å². The predicted molar refractivity (Wildman–Crippen MR) is 40.0 cm³/mol. The van der Waals surface area contributed by atoms with Gasteiger partial charge in [-0.15, -0.1) is 0 Å². The molecule has 1 fully saturated rings. The Morgan fingerprint density at radius 1 is 0.625 bits per heavy atom. The van der Waals surface area contributed by atoms with Crippen LogP contribution in [0.15, 0.2) is 0 Å². The molecule has 0 unspecified atom stereocenters. The monoisotopic (exact) mass is 244 g/mol. The fourth-order valence-corrected chi connectivity index (χ4v) is 6.36. The van der Waals surface area contributed by atoms with Gasteiger partial charge in [0.2, 0.25) is 0 Å². The van der Waals surface area contributed by atoms with Gasteiger partial charge in [-0.2, -0.15) is 0 Å². The molecule has 0 aromatic carbocycles. The third-order valence-corrected chi connectivity index (χ3v) is 6.00. The maximum absolute atomic E-state index is 1.58. The van der Waals surface area contributed by atoms with Gasteiger partial charge in [-0.25, -0.2) is 0 Å². The molecule has 0 aromatic heterocycles. The van der Waals surface area contributed by atoms with Gasteiger partial charge in [-0.05, 0) is 0 Å². The van der Waals surface area contributed by atoms with Crippen molar-refractivity contribution in [2.24, 2.45) is 0 Å². The van der Waals surface area contributed by atoms with Crippen LogP contribution in [-0.4, -0.2) is 29.9 Å². The van der Waals surface area contributed by atoms with Gasteiger partial charge < -0.3 is 0 Å². The minimum atomic E-state index is 1.04. The molecule has 2 heteroatoms. The Morgan fingerprint density at radius 3 is 1.38 bits per heavy atom. The normalized spacial score (nSPS) is 24.0. The van der Waals surface area contributed by atoms with Gasteiger partial charge in [0.25, 0.3) is 0 Å². The summed E-state index contributed by atoms with van der Waals surface area (Å²) in [5.74, 6) is 0. The summed E-state index contributed by atoms with van der Waals surface area (Å²) in [4.78, 5) is 0. The standard InChI is InChI=1S/C6H12Se2/c1-3-7-5-2-6-8-4-1/h1-6H2. The van der Waals surface area contributed by atoms with Crippen LogP contribution >= 0.6 is 0 Å². The first kappa shape index (κ1) is 7.15. The average molecular weight is 242 g/mol. The van der Waals surface area contributed by atoms with Crippen LogP contribution in [0.3, 0.4) is 0 Å². The van der Waals surface area contributed by atoms with Crippen molar-refractivity contribution in [3.8, 4) is 0 Å². The summed E-state index contributed by atoms with van der Waals surface area (Å²) in [6.45, 7) is 0. The molecule has 0 nitrogen and oxygen atoms in total. The van der Waals surface area contributed by atoms with Crippen molar-refractivity contribution in [2.45, 2.75) is 34.1 Å². The third kappa shape index (κ3) is 3.14. The third-order valence-electron chi connectivity index (χ3n) is 1.15. The number of hydrogen-bond acceptors (Lipinski definition) is 0. The molecule has 1 rings (SSSR count). The second-order valence-electron chi connectivity index (χ2n) is 1.93. The molecular weight excluding hydrogens is 230 g/mol. The van der Waals surface area contributed by atoms with Crippen LogP contribution in [0.5, 0.6) is 0 Å². The second-order valence-corrected chi connectivity index (χ2v) is 7.07. The van der Waals surface area contributed by atoms with E-state index in [-0.39, 0.29) is 0 Å².